The molecule has 0 radical (unpaired) electrons. The first-order valence-corrected chi connectivity index (χ1v) is 5.43. The second kappa shape index (κ2) is 2.99. The Morgan fingerprint density at radius 1 is 1.13 bits per heavy atom. The van der Waals surface area contributed by atoms with Gasteiger partial charge >= 0.3 is 0 Å². The van der Waals surface area contributed by atoms with Gasteiger partial charge in [0.15, 0.2) is 0 Å². The summed E-state index contributed by atoms with van der Waals surface area (Å²) in [4.78, 5) is 0. The molecule has 0 bridgehead atoms. The molecule has 0 saturated carbocycles. The molecule has 1 nitrogen and oxygen atoms in total. The van der Waals surface area contributed by atoms with Crippen LogP contribution in [0.1, 0.15) is 30.2 Å². The van der Waals surface area contributed by atoms with Gasteiger partial charge in [0.1, 0.15) is 11.3 Å². The van der Waals surface area contributed by atoms with Crippen LogP contribution in [0.3, 0.4) is 0 Å². The Morgan fingerprint density at radius 2 is 2.00 bits per heavy atom. The fourth-order valence-corrected chi connectivity index (χ4v) is 2.27. The van der Waals surface area contributed by atoms with Crippen molar-refractivity contribution in [3.63, 3.8) is 0 Å². The summed E-state index contributed by atoms with van der Waals surface area (Å²) in [6, 6.07) is 6.46. The van der Waals surface area contributed by atoms with Gasteiger partial charge in [-0.25, -0.2) is 0 Å². The molecule has 3 rings (SSSR count). The third kappa shape index (κ3) is 1.30. The average molecular weight is 198 g/mol. The number of rotatable bonds is 0. The summed E-state index contributed by atoms with van der Waals surface area (Å²) in [5, 5.41) is 1.29. The molecule has 1 heterocycles. The Kier molecular flexibility index (Phi) is 1.75. The predicted octanol–water partition coefficient (Wildman–Crippen LogP) is 4.09. The fraction of sp³-hybridized carbons (Fsp3) is 0.286. The highest BCUT2D eigenvalue weighted by Crippen LogP contribution is 2.33. The van der Waals surface area contributed by atoms with Gasteiger partial charge in [-0.15, -0.1) is 0 Å². The molecule has 0 unspecified atom stereocenters. The average Bonchev–Trinajstić information content (AvgIpc) is 2.53. The summed E-state index contributed by atoms with van der Waals surface area (Å²) < 4.78 is 5.87. The van der Waals surface area contributed by atoms with Crippen LogP contribution in [-0.4, -0.2) is 0 Å². The van der Waals surface area contributed by atoms with Crippen molar-refractivity contribution >= 4 is 17.0 Å². The minimum absolute atomic E-state index is 1.03. The van der Waals surface area contributed by atoms with Gasteiger partial charge in [-0.05, 0) is 44.4 Å². The van der Waals surface area contributed by atoms with Gasteiger partial charge in [0.05, 0.1) is 0 Å². The highest BCUT2D eigenvalue weighted by atomic mass is 16.3. The van der Waals surface area contributed by atoms with Crippen molar-refractivity contribution in [1.82, 2.24) is 0 Å². The number of hydrogen-bond donors (Lipinski definition) is 0. The SMILES string of the molecule is CC1=Cc2oc3cc(C)ccc3c2CC1. The molecule has 15 heavy (non-hydrogen) atoms. The first-order valence-electron chi connectivity index (χ1n) is 5.43. The van der Waals surface area contributed by atoms with Crippen LogP contribution in [0.4, 0.5) is 0 Å². The topological polar surface area (TPSA) is 13.1 Å². The van der Waals surface area contributed by atoms with E-state index in [1.165, 1.54) is 22.1 Å². The molecule has 0 fully saturated rings. The molecular formula is C14H14O. The van der Waals surface area contributed by atoms with Gasteiger partial charge in [0.2, 0.25) is 0 Å². The Hall–Kier alpha value is -1.50. The molecule has 0 amide bonds. The summed E-state index contributed by atoms with van der Waals surface area (Å²) in [6.07, 6.45) is 4.46. The molecular weight excluding hydrogens is 184 g/mol. The van der Waals surface area contributed by atoms with Crippen LogP contribution in [0.15, 0.2) is 28.2 Å². The van der Waals surface area contributed by atoms with Gasteiger partial charge in [0.25, 0.3) is 0 Å². The van der Waals surface area contributed by atoms with E-state index in [9.17, 15) is 0 Å². The van der Waals surface area contributed by atoms with Gasteiger partial charge in [0, 0.05) is 10.9 Å². The first kappa shape index (κ1) is 8.78. The molecule has 1 aromatic heterocycles. The molecule has 2 aromatic rings. The lowest BCUT2D eigenvalue weighted by molar-refractivity contribution is 0.593. The predicted molar refractivity (Wildman–Crippen MR) is 62.9 cm³/mol. The molecule has 1 aromatic carbocycles. The van der Waals surface area contributed by atoms with Crippen molar-refractivity contribution in [1.29, 1.82) is 0 Å². The molecule has 0 aliphatic heterocycles. The number of allylic oxidation sites excluding steroid dienone is 1. The van der Waals surface area contributed by atoms with Crippen LogP contribution in [0.25, 0.3) is 17.0 Å². The van der Waals surface area contributed by atoms with Crippen molar-refractivity contribution in [2.24, 2.45) is 0 Å². The first-order chi connectivity index (χ1) is 7.24. The Labute approximate surface area is 89.4 Å². The van der Waals surface area contributed by atoms with E-state index in [4.69, 9.17) is 4.42 Å². The van der Waals surface area contributed by atoms with E-state index in [-0.39, 0.29) is 0 Å². The molecule has 0 N–H and O–H groups in total. The van der Waals surface area contributed by atoms with Gasteiger partial charge in [-0.1, -0.05) is 17.7 Å². The number of hydrogen-bond acceptors (Lipinski definition) is 1. The van der Waals surface area contributed by atoms with E-state index >= 15 is 0 Å². The lowest BCUT2D eigenvalue weighted by atomic mass is 9.96. The zero-order valence-electron chi connectivity index (χ0n) is 9.13. The van der Waals surface area contributed by atoms with E-state index in [2.05, 4.69) is 38.1 Å². The van der Waals surface area contributed by atoms with Crippen LogP contribution < -0.4 is 0 Å². The van der Waals surface area contributed by atoms with E-state index < -0.39 is 0 Å². The maximum absolute atomic E-state index is 5.87. The van der Waals surface area contributed by atoms with E-state index in [1.807, 2.05) is 0 Å². The van der Waals surface area contributed by atoms with Crippen molar-refractivity contribution in [2.75, 3.05) is 0 Å². The van der Waals surface area contributed by atoms with Crippen molar-refractivity contribution < 1.29 is 4.42 Å². The van der Waals surface area contributed by atoms with Crippen LogP contribution in [0, 0.1) is 6.92 Å². The third-order valence-electron chi connectivity index (χ3n) is 3.13. The van der Waals surface area contributed by atoms with Crippen LogP contribution in [0.2, 0.25) is 0 Å². The van der Waals surface area contributed by atoms with Gasteiger partial charge in [-0.3, -0.25) is 0 Å². The maximum atomic E-state index is 5.87. The minimum atomic E-state index is 1.03. The van der Waals surface area contributed by atoms with Crippen molar-refractivity contribution in [3.8, 4) is 0 Å². The lowest BCUT2D eigenvalue weighted by Gasteiger charge is -2.07. The van der Waals surface area contributed by atoms with Gasteiger partial charge < -0.3 is 4.42 Å². The monoisotopic (exact) mass is 198 g/mol. The number of furan rings is 1. The number of benzene rings is 1. The van der Waals surface area contributed by atoms with Crippen LogP contribution >= 0.6 is 0 Å². The minimum Gasteiger partial charge on any atom is -0.456 e. The molecule has 1 heteroatoms. The molecule has 76 valence electrons. The van der Waals surface area contributed by atoms with E-state index in [0.29, 0.717) is 0 Å². The molecule has 0 spiro atoms. The standard InChI is InChI=1S/C14H14O/c1-9-3-5-11-12-6-4-10(2)8-14(12)15-13(11)7-9/h3,5,7-8H,4,6H2,1-2H3. The molecule has 0 saturated heterocycles. The van der Waals surface area contributed by atoms with Gasteiger partial charge in [-0.2, -0.15) is 0 Å². The summed E-state index contributed by atoms with van der Waals surface area (Å²) in [5.74, 6) is 1.07. The lowest BCUT2D eigenvalue weighted by Crippen LogP contribution is -1.93. The van der Waals surface area contributed by atoms with E-state index in [0.717, 1.165) is 24.2 Å². The highest BCUT2D eigenvalue weighted by Gasteiger charge is 2.16. The summed E-state index contributed by atoms with van der Waals surface area (Å²) in [5.41, 5.74) is 5.09. The zero-order chi connectivity index (χ0) is 10.4. The van der Waals surface area contributed by atoms with Crippen molar-refractivity contribution in [2.45, 2.75) is 26.7 Å². The Morgan fingerprint density at radius 3 is 2.87 bits per heavy atom. The number of aryl methyl sites for hydroxylation is 2. The quantitative estimate of drug-likeness (QED) is 0.621. The largest absolute Gasteiger partial charge is 0.456 e. The second-order valence-electron chi connectivity index (χ2n) is 4.44. The molecule has 1 aliphatic rings. The zero-order valence-corrected chi connectivity index (χ0v) is 9.13. The van der Waals surface area contributed by atoms with Crippen LogP contribution in [-0.2, 0) is 6.42 Å². The fourth-order valence-electron chi connectivity index (χ4n) is 2.27. The molecule has 1 aliphatic carbocycles. The van der Waals surface area contributed by atoms with Crippen molar-refractivity contribution in [3.05, 3.63) is 40.7 Å². The Balaban J connectivity index is 2.33. The smallest absolute Gasteiger partial charge is 0.135 e. The Bertz CT molecular complexity index is 558. The second-order valence-corrected chi connectivity index (χ2v) is 4.44. The van der Waals surface area contributed by atoms with Crippen LogP contribution in [0.5, 0.6) is 0 Å². The highest BCUT2D eigenvalue weighted by molar-refractivity contribution is 5.86. The summed E-state index contributed by atoms with van der Waals surface area (Å²) in [7, 11) is 0. The third-order valence-corrected chi connectivity index (χ3v) is 3.13. The van der Waals surface area contributed by atoms with E-state index in [1.54, 1.807) is 0 Å². The number of fused-ring (bicyclic) bond motifs is 3. The normalized spacial score (nSPS) is 15.2. The summed E-state index contributed by atoms with van der Waals surface area (Å²) >= 11 is 0. The summed E-state index contributed by atoms with van der Waals surface area (Å²) in [6.45, 7) is 4.27. The maximum Gasteiger partial charge on any atom is 0.135 e. The molecule has 0 atom stereocenters.